The number of hydrogen-bond acceptors (Lipinski definition) is 5. The molecule has 0 bridgehead atoms. The van der Waals surface area contributed by atoms with E-state index in [4.69, 9.17) is 9.66 Å². The van der Waals surface area contributed by atoms with Gasteiger partial charge in [0.25, 0.3) is 5.56 Å². The molecule has 0 saturated heterocycles. The van der Waals surface area contributed by atoms with Crippen molar-refractivity contribution in [3.63, 3.8) is 0 Å². The molecule has 0 aromatic carbocycles. The van der Waals surface area contributed by atoms with Crippen LogP contribution in [0.5, 0.6) is 0 Å². The molecule has 1 aromatic heterocycles. The van der Waals surface area contributed by atoms with Gasteiger partial charge in [-0.25, -0.2) is 4.72 Å². The van der Waals surface area contributed by atoms with Gasteiger partial charge in [-0.05, 0) is 27.9 Å². The average Bonchev–Trinajstić information content (AvgIpc) is 2.23. The normalized spacial score (nSPS) is 12.8. The predicted octanol–water partition coefficient (Wildman–Crippen LogP) is 1.28. The SMILES string of the molecule is Cn1cc(Br)c([C@H](CCO)NSO)cc1=O. The molecule has 0 radical (unpaired) electrons. The van der Waals surface area contributed by atoms with E-state index in [1.54, 1.807) is 13.2 Å². The Kier molecular flexibility index (Phi) is 5.50. The number of nitrogens with zero attached hydrogens (tertiary/aromatic N) is 1. The molecule has 0 fully saturated rings. The van der Waals surface area contributed by atoms with E-state index >= 15 is 0 Å². The molecule has 0 aliphatic heterocycles. The second-order valence-corrected chi connectivity index (χ2v) is 4.57. The Bertz CT molecular complexity index is 404. The summed E-state index contributed by atoms with van der Waals surface area (Å²) in [6.45, 7) is -0.0279. The molecular weight excluding hydrogens is 296 g/mol. The maximum absolute atomic E-state index is 11.5. The van der Waals surface area contributed by atoms with Crippen LogP contribution in [0.3, 0.4) is 0 Å². The second kappa shape index (κ2) is 6.41. The lowest BCUT2D eigenvalue weighted by molar-refractivity contribution is 0.273. The van der Waals surface area contributed by atoms with E-state index in [2.05, 4.69) is 20.7 Å². The summed E-state index contributed by atoms with van der Waals surface area (Å²) < 4.78 is 13.7. The van der Waals surface area contributed by atoms with Crippen molar-refractivity contribution in [1.82, 2.24) is 9.29 Å². The van der Waals surface area contributed by atoms with Gasteiger partial charge >= 0.3 is 0 Å². The third-order valence-electron chi connectivity index (χ3n) is 2.20. The number of aliphatic hydroxyl groups is 1. The van der Waals surface area contributed by atoms with Crippen LogP contribution in [-0.2, 0) is 7.05 Å². The van der Waals surface area contributed by atoms with Gasteiger partial charge in [0.2, 0.25) is 0 Å². The van der Waals surface area contributed by atoms with E-state index < -0.39 is 0 Å². The molecule has 0 amide bonds. The molecule has 5 nitrogen and oxygen atoms in total. The summed E-state index contributed by atoms with van der Waals surface area (Å²) in [5, 5.41) is 8.91. The molecule has 1 heterocycles. The molecule has 7 heteroatoms. The Morgan fingerprint density at radius 2 is 2.38 bits per heavy atom. The smallest absolute Gasteiger partial charge is 0.250 e. The number of aromatic nitrogens is 1. The van der Waals surface area contributed by atoms with Gasteiger partial charge in [0.05, 0.1) is 12.2 Å². The monoisotopic (exact) mass is 308 g/mol. The zero-order chi connectivity index (χ0) is 12.1. The third-order valence-corrected chi connectivity index (χ3v) is 3.25. The maximum atomic E-state index is 11.5. The lowest BCUT2D eigenvalue weighted by Gasteiger charge is -2.17. The third kappa shape index (κ3) is 3.33. The van der Waals surface area contributed by atoms with Crippen molar-refractivity contribution in [2.24, 2.45) is 7.05 Å². The molecule has 0 aliphatic carbocycles. The van der Waals surface area contributed by atoms with Gasteiger partial charge in [0.1, 0.15) is 0 Å². The molecule has 1 atom stereocenters. The van der Waals surface area contributed by atoms with Crippen LogP contribution >= 0.6 is 28.2 Å². The minimum absolute atomic E-state index is 0.0279. The summed E-state index contributed by atoms with van der Waals surface area (Å²) in [6, 6.07) is 1.21. The number of rotatable bonds is 5. The topological polar surface area (TPSA) is 74.5 Å². The highest BCUT2D eigenvalue weighted by Gasteiger charge is 2.15. The molecule has 16 heavy (non-hydrogen) atoms. The van der Waals surface area contributed by atoms with E-state index in [0.29, 0.717) is 18.6 Å². The minimum Gasteiger partial charge on any atom is -0.396 e. The summed E-state index contributed by atoms with van der Waals surface area (Å²) >= 11 is 3.82. The van der Waals surface area contributed by atoms with E-state index in [0.717, 1.165) is 10.0 Å². The quantitative estimate of drug-likeness (QED) is 0.564. The van der Waals surface area contributed by atoms with Crippen molar-refractivity contribution in [2.45, 2.75) is 12.5 Å². The predicted molar refractivity (Wildman–Crippen MR) is 67.2 cm³/mol. The van der Waals surface area contributed by atoms with Gasteiger partial charge in [-0.1, -0.05) is 0 Å². The lowest BCUT2D eigenvalue weighted by Crippen LogP contribution is -2.22. The Morgan fingerprint density at radius 1 is 1.69 bits per heavy atom. The summed E-state index contributed by atoms with van der Waals surface area (Å²) in [5.74, 6) is 0. The van der Waals surface area contributed by atoms with Crippen LogP contribution in [0, 0.1) is 0 Å². The number of aliphatic hydroxyl groups excluding tert-OH is 1. The van der Waals surface area contributed by atoms with Crippen LogP contribution in [0.25, 0.3) is 0 Å². The summed E-state index contributed by atoms with van der Waals surface area (Å²) in [6.07, 6.45) is 2.07. The first-order chi connectivity index (χ1) is 7.60. The van der Waals surface area contributed by atoms with E-state index in [1.807, 2.05) is 0 Å². The molecule has 0 unspecified atom stereocenters. The zero-order valence-corrected chi connectivity index (χ0v) is 11.1. The lowest BCUT2D eigenvalue weighted by atomic mass is 10.1. The van der Waals surface area contributed by atoms with E-state index in [-0.39, 0.29) is 18.2 Å². The van der Waals surface area contributed by atoms with Crippen molar-refractivity contribution in [3.05, 3.63) is 32.7 Å². The first-order valence-corrected chi connectivity index (χ1v) is 6.19. The average molecular weight is 309 g/mol. The Hall–Kier alpha value is -0.340. The van der Waals surface area contributed by atoms with Gasteiger partial charge in [-0.3, -0.25) is 4.79 Å². The number of halogens is 1. The van der Waals surface area contributed by atoms with Crippen LogP contribution in [0.1, 0.15) is 18.0 Å². The molecule has 1 rings (SSSR count). The molecule has 3 N–H and O–H groups in total. The van der Waals surface area contributed by atoms with Gasteiger partial charge in [-0.15, -0.1) is 0 Å². The summed E-state index contributed by atoms with van der Waals surface area (Å²) in [5.41, 5.74) is 0.588. The van der Waals surface area contributed by atoms with Crippen LogP contribution in [0.4, 0.5) is 0 Å². The standard InChI is InChI=1S/C9H13BrN2O3S/c1-12-5-7(10)6(4-9(12)14)8(2-3-13)11-16-15/h4-5,8,11,13,15H,2-3H2,1H3/t8-/m0/s1. The van der Waals surface area contributed by atoms with Crippen molar-refractivity contribution in [1.29, 1.82) is 0 Å². The molecule has 1 aromatic rings. The molecule has 0 spiro atoms. The van der Waals surface area contributed by atoms with Gasteiger partial charge in [-0.2, -0.15) is 0 Å². The highest BCUT2D eigenvalue weighted by Crippen LogP contribution is 2.25. The molecule has 90 valence electrons. The van der Waals surface area contributed by atoms with Crippen LogP contribution < -0.4 is 10.3 Å². The molecule has 0 saturated carbocycles. The maximum Gasteiger partial charge on any atom is 0.250 e. The Balaban J connectivity index is 3.08. The van der Waals surface area contributed by atoms with Crippen LogP contribution in [-0.4, -0.2) is 20.8 Å². The highest BCUT2D eigenvalue weighted by atomic mass is 79.9. The summed E-state index contributed by atoms with van der Waals surface area (Å²) in [7, 11) is 1.66. The number of hydrogen-bond donors (Lipinski definition) is 3. The first-order valence-electron chi connectivity index (χ1n) is 4.63. The van der Waals surface area contributed by atoms with Crippen LogP contribution in [0.15, 0.2) is 21.5 Å². The van der Waals surface area contributed by atoms with E-state index in [1.165, 1.54) is 10.6 Å². The van der Waals surface area contributed by atoms with Crippen molar-refractivity contribution < 1.29 is 9.66 Å². The van der Waals surface area contributed by atoms with Crippen molar-refractivity contribution in [3.8, 4) is 0 Å². The molecule has 0 aliphatic rings. The fraction of sp³-hybridized carbons (Fsp3) is 0.444. The second-order valence-electron chi connectivity index (χ2n) is 3.30. The van der Waals surface area contributed by atoms with Crippen LogP contribution in [0.2, 0.25) is 0 Å². The molecular formula is C9H13BrN2O3S. The fourth-order valence-corrected chi connectivity index (χ4v) is 2.42. The fourth-order valence-electron chi connectivity index (χ4n) is 1.35. The number of aryl methyl sites for hydroxylation is 1. The zero-order valence-electron chi connectivity index (χ0n) is 8.68. The Labute approximate surface area is 106 Å². The van der Waals surface area contributed by atoms with Gasteiger partial charge in [0.15, 0.2) is 0 Å². The first kappa shape index (κ1) is 13.7. The number of pyridine rings is 1. The van der Waals surface area contributed by atoms with Gasteiger partial charge in [0, 0.05) is 36.4 Å². The Morgan fingerprint density at radius 3 is 2.94 bits per heavy atom. The van der Waals surface area contributed by atoms with Gasteiger partial charge < -0.3 is 14.2 Å². The summed E-state index contributed by atoms with van der Waals surface area (Å²) in [4.78, 5) is 11.5. The highest BCUT2D eigenvalue weighted by molar-refractivity contribution is 9.10. The van der Waals surface area contributed by atoms with Crippen molar-refractivity contribution >= 4 is 28.2 Å². The van der Waals surface area contributed by atoms with Crippen molar-refractivity contribution in [2.75, 3.05) is 6.61 Å². The number of nitrogens with one attached hydrogen (secondary N) is 1. The van der Waals surface area contributed by atoms with E-state index in [9.17, 15) is 4.79 Å². The minimum atomic E-state index is -0.275. The largest absolute Gasteiger partial charge is 0.396 e.